The first-order valence-electron chi connectivity index (χ1n) is 6.15. The van der Waals surface area contributed by atoms with Crippen molar-refractivity contribution >= 4 is 11.6 Å². The number of nitrogens with zero attached hydrogens (tertiary/aromatic N) is 1. The van der Waals surface area contributed by atoms with Crippen molar-refractivity contribution in [3.05, 3.63) is 34.9 Å². The molecular weight excluding hydrogens is 218 g/mol. The van der Waals surface area contributed by atoms with E-state index in [2.05, 4.69) is 30.1 Å². The van der Waals surface area contributed by atoms with Crippen molar-refractivity contribution in [1.29, 1.82) is 0 Å². The molecule has 1 aliphatic rings. The Morgan fingerprint density at radius 2 is 1.94 bits per heavy atom. The average Bonchev–Trinajstić information content (AvgIpc) is 2.29. The Bertz CT molecular complexity index is 349. The standard InChI is InChI=1S/C14H20ClN/c1-16(9-8-15)11-12-6-7-13-4-2-3-5-14(13)10-12/h6-7,10H,2-5,8-9,11H2,1H3. The van der Waals surface area contributed by atoms with Gasteiger partial charge in [0.1, 0.15) is 0 Å². The molecule has 0 aromatic heterocycles. The molecule has 0 bridgehead atoms. The predicted octanol–water partition coefficient (Wildman–Crippen LogP) is 3.24. The third kappa shape index (κ3) is 2.99. The van der Waals surface area contributed by atoms with E-state index in [1.165, 1.54) is 31.2 Å². The van der Waals surface area contributed by atoms with Crippen LogP contribution in [0.2, 0.25) is 0 Å². The number of hydrogen-bond donors (Lipinski definition) is 0. The summed E-state index contributed by atoms with van der Waals surface area (Å²) in [6.45, 7) is 1.97. The number of halogens is 1. The van der Waals surface area contributed by atoms with Gasteiger partial charge in [-0.05, 0) is 49.4 Å². The molecule has 0 spiro atoms. The monoisotopic (exact) mass is 237 g/mol. The van der Waals surface area contributed by atoms with Crippen molar-refractivity contribution in [2.75, 3.05) is 19.5 Å². The molecule has 0 saturated carbocycles. The van der Waals surface area contributed by atoms with Gasteiger partial charge in [-0.3, -0.25) is 0 Å². The largest absolute Gasteiger partial charge is 0.301 e. The molecule has 2 rings (SSSR count). The van der Waals surface area contributed by atoms with E-state index in [1.54, 1.807) is 11.1 Å². The van der Waals surface area contributed by atoms with E-state index in [9.17, 15) is 0 Å². The molecule has 0 aliphatic heterocycles. The molecule has 0 fully saturated rings. The van der Waals surface area contributed by atoms with Crippen LogP contribution in [0, 0.1) is 0 Å². The summed E-state index contributed by atoms with van der Waals surface area (Å²) in [6, 6.07) is 6.98. The highest BCUT2D eigenvalue weighted by Gasteiger charge is 2.09. The van der Waals surface area contributed by atoms with Crippen LogP contribution in [0.1, 0.15) is 29.5 Å². The number of hydrogen-bond acceptors (Lipinski definition) is 1. The topological polar surface area (TPSA) is 3.24 Å². The van der Waals surface area contributed by atoms with Crippen LogP contribution in [0.25, 0.3) is 0 Å². The molecule has 0 amide bonds. The van der Waals surface area contributed by atoms with Crippen LogP contribution in [0.3, 0.4) is 0 Å². The maximum Gasteiger partial charge on any atom is 0.0351 e. The summed E-state index contributed by atoms with van der Waals surface area (Å²) < 4.78 is 0. The zero-order valence-corrected chi connectivity index (χ0v) is 10.8. The van der Waals surface area contributed by atoms with Crippen molar-refractivity contribution < 1.29 is 0 Å². The van der Waals surface area contributed by atoms with Gasteiger partial charge >= 0.3 is 0 Å². The first kappa shape index (κ1) is 11.9. The molecule has 0 heterocycles. The fourth-order valence-electron chi connectivity index (χ4n) is 2.42. The molecule has 0 saturated heterocycles. The van der Waals surface area contributed by atoms with Gasteiger partial charge in [-0.15, -0.1) is 11.6 Å². The Hall–Kier alpha value is -0.530. The van der Waals surface area contributed by atoms with E-state index in [4.69, 9.17) is 11.6 Å². The van der Waals surface area contributed by atoms with Gasteiger partial charge in [0, 0.05) is 19.0 Å². The second-order valence-electron chi connectivity index (χ2n) is 4.74. The Balaban J connectivity index is 2.05. The van der Waals surface area contributed by atoms with Gasteiger partial charge in [-0.1, -0.05) is 18.2 Å². The minimum absolute atomic E-state index is 0.710. The summed E-state index contributed by atoms with van der Waals surface area (Å²) in [4.78, 5) is 2.28. The molecule has 0 radical (unpaired) electrons. The number of fused-ring (bicyclic) bond motifs is 1. The van der Waals surface area contributed by atoms with Crippen molar-refractivity contribution in [1.82, 2.24) is 4.90 Å². The summed E-state index contributed by atoms with van der Waals surface area (Å²) in [7, 11) is 2.13. The summed E-state index contributed by atoms with van der Waals surface area (Å²) >= 11 is 5.74. The molecule has 16 heavy (non-hydrogen) atoms. The first-order chi connectivity index (χ1) is 7.79. The quantitative estimate of drug-likeness (QED) is 0.727. The lowest BCUT2D eigenvalue weighted by Crippen LogP contribution is -2.20. The molecule has 2 heteroatoms. The van der Waals surface area contributed by atoms with Gasteiger partial charge in [0.25, 0.3) is 0 Å². The van der Waals surface area contributed by atoms with Crippen LogP contribution in [-0.4, -0.2) is 24.4 Å². The summed E-state index contributed by atoms with van der Waals surface area (Å²) in [5.74, 6) is 0.710. The zero-order chi connectivity index (χ0) is 11.4. The maximum atomic E-state index is 5.74. The zero-order valence-electron chi connectivity index (χ0n) is 10.0. The van der Waals surface area contributed by atoms with Crippen LogP contribution in [-0.2, 0) is 19.4 Å². The lowest BCUT2D eigenvalue weighted by atomic mass is 9.90. The van der Waals surface area contributed by atoms with Crippen LogP contribution in [0.5, 0.6) is 0 Å². The number of aryl methyl sites for hydroxylation is 2. The minimum atomic E-state index is 0.710. The third-order valence-corrected chi connectivity index (χ3v) is 3.50. The molecule has 1 aromatic carbocycles. The van der Waals surface area contributed by atoms with Gasteiger partial charge in [0.15, 0.2) is 0 Å². The first-order valence-corrected chi connectivity index (χ1v) is 6.68. The molecule has 0 N–H and O–H groups in total. The Morgan fingerprint density at radius 1 is 1.19 bits per heavy atom. The third-order valence-electron chi connectivity index (χ3n) is 3.33. The molecule has 0 unspecified atom stereocenters. The molecule has 1 aliphatic carbocycles. The number of alkyl halides is 1. The van der Waals surface area contributed by atoms with Gasteiger partial charge in [0.2, 0.25) is 0 Å². The minimum Gasteiger partial charge on any atom is -0.301 e. The number of benzene rings is 1. The second kappa shape index (κ2) is 5.70. The van der Waals surface area contributed by atoms with Crippen LogP contribution in [0.4, 0.5) is 0 Å². The van der Waals surface area contributed by atoms with E-state index in [0.717, 1.165) is 13.1 Å². The summed E-state index contributed by atoms with van der Waals surface area (Å²) in [6.07, 6.45) is 5.25. The van der Waals surface area contributed by atoms with Gasteiger partial charge < -0.3 is 4.90 Å². The van der Waals surface area contributed by atoms with Gasteiger partial charge in [-0.25, -0.2) is 0 Å². The van der Waals surface area contributed by atoms with Crippen molar-refractivity contribution in [2.45, 2.75) is 32.2 Å². The normalized spacial score (nSPS) is 15.2. The lowest BCUT2D eigenvalue weighted by molar-refractivity contribution is 0.347. The maximum absolute atomic E-state index is 5.74. The molecule has 0 atom stereocenters. The SMILES string of the molecule is CN(CCCl)Cc1ccc2c(c1)CCCC2. The van der Waals surface area contributed by atoms with E-state index >= 15 is 0 Å². The average molecular weight is 238 g/mol. The number of rotatable bonds is 4. The van der Waals surface area contributed by atoms with E-state index in [1.807, 2.05) is 0 Å². The van der Waals surface area contributed by atoms with Crippen molar-refractivity contribution in [3.8, 4) is 0 Å². The fourth-order valence-corrected chi connectivity index (χ4v) is 2.71. The summed E-state index contributed by atoms with van der Waals surface area (Å²) in [5.41, 5.74) is 4.56. The second-order valence-corrected chi connectivity index (χ2v) is 5.11. The van der Waals surface area contributed by atoms with Crippen molar-refractivity contribution in [3.63, 3.8) is 0 Å². The highest BCUT2D eigenvalue weighted by molar-refractivity contribution is 6.18. The highest BCUT2D eigenvalue weighted by Crippen LogP contribution is 2.22. The predicted molar refractivity (Wildman–Crippen MR) is 70.1 cm³/mol. The van der Waals surface area contributed by atoms with Crippen LogP contribution in [0.15, 0.2) is 18.2 Å². The lowest BCUT2D eigenvalue weighted by Gasteiger charge is -2.19. The molecule has 1 aromatic rings. The molecule has 88 valence electrons. The highest BCUT2D eigenvalue weighted by atomic mass is 35.5. The Morgan fingerprint density at radius 3 is 2.69 bits per heavy atom. The molecular formula is C14H20ClN. The Kier molecular flexibility index (Phi) is 4.25. The Labute approximate surface area is 103 Å². The fraction of sp³-hybridized carbons (Fsp3) is 0.571. The van der Waals surface area contributed by atoms with E-state index in [-0.39, 0.29) is 0 Å². The summed E-state index contributed by atoms with van der Waals surface area (Å²) in [5, 5.41) is 0. The van der Waals surface area contributed by atoms with Crippen LogP contribution >= 0.6 is 11.6 Å². The van der Waals surface area contributed by atoms with Crippen molar-refractivity contribution in [2.24, 2.45) is 0 Å². The van der Waals surface area contributed by atoms with Gasteiger partial charge in [0.05, 0.1) is 0 Å². The molecule has 1 nitrogen and oxygen atoms in total. The smallest absolute Gasteiger partial charge is 0.0351 e. The van der Waals surface area contributed by atoms with E-state index < -0.39 is 0 Å². The van der Waals surface area contributed by atoms with Gasteiger partial charge in [-0.2, -0.15) is 0 Å². The van der Waals surface area contributed by atoms with E-state index in [0.29, 0.717) is 5.88 Å². The van der Waals surface area contributed by atoms with Crippen LogP contribution < -0.4 is 0 Å².